The molecular formula is C23H24FN5O. The summed E-state index contributed by atoms with van der Waals surface area (Å²) >= 11 is 0. The molecule has 0 aliphatic heterocycles. The zero-order valence-corrected chi connectivity index (χ0v) is 17.3. The van der Waals surface area contributed by atoms with E-state index < -0.39 is 0 Å². The Morgan fingerprint density at radius 3 is 2.53 bits per heavy atom. The smallest absolute Gasteiger partial charge is 0.170 e. The molecule has 0 aliphatic carbocycles. The van der Waals surface area contributed by atoms with Gasteiger partial charge in [-0.1, -0.05) is 30.3 Å². The maximum atomic E-state index is 13.6. The molecule has 30 heavy (non-hydrogen) atoms. The Bertz CT molecular complexity index is 1150. The molecule has 0 unspecified atom stereocenters. The molecule has 0 radical (unpaired) electrons. The van der Waals surface area contributed by atoms with Crippen molar-refractivity contribution >= 4 is 11.5 Å². The van der Waals surface area contributed by atoms with Crippen LogP contribution >= 0.6 is 0 Å². The van der Waals surface area contributed by atoms with Gasteiger partial charge in [0, 0.05) is 18.7 Å². The number of methoxy groups -OCH3 is 1. The fourth-order valence-corrected chi connectivity index (χ4v) is 3.44. The third kappa shape index (κ3) is 4.11. The number of pyridine rings is 1. The van der Waals surface area contributed by atoms with Crippen molar-refractivity contribution in [1.29, 1.82) is 0 Å². The highest BCUT2D eigenvalue weighted by atomic mass is 19.1. The molecule has 4 aromatic rings. The molecule has 0 saturated heterocycles. The Morgan fingerprint density at radius 1 is 1.03 bits per heavy atom. The molecule has 6 nitrogen and oxygen atoms in total. The van der Waals surface area contributed by atoms with Crippen molar-refractivity contribution in [2.24, 2.45) is 0 Å². The van der Waals surface area contributed by atoms with Crippen LogP contribution < -0.4 is 10.1 Å². The van der Waals surface area contributed by atoms with Crippen LogP contribution in [-0.4, -0.2) is 40.7 Å². The number of nitrogens with one attached hydrogen (secondary N) is 1. The molecule has 1 N–H and O–H groups in total. The van der Waals surface area contributed by atoms with Gasteiger partial charge in [-0.2, -0.15) is 0 Å². The second-order valence-electron chi connectivity index (χ2n) is 7.41. The molecule has 0 saturated carbocycles. The normalized spacial score (nSPS) is 11.2. The van der Waals surface area contributed by atoms with Crippen LogP contribution in [0, 0.1) is 5.82 Å². The highest BCUT2D eigenvalue weighted by molar-refractivity contribution is 5.79. The maximum Gasteiger partial charge on any atom is 0.170 e. The molecule has 0 atom stereocenters. The van der Waals surface area contributed by atoms with Gasteiger partial charge in [0.05, 0.1) is 7.11 Å². The summed E-state index contributed by atoms with van der Waals surface area (Å²) in [7, 11) is 5.57. The van der Waals surface area contributed by atoms with Gasteiger partial charge < -0.3 is 15.0 Å². The minimum atomic E-state index is -0.372. The van der Waals surface area contributed by atoms with E-state index in [1.165, 1.54) is 18.7 Å². The monoisotopic (exact) mass is 405 g/mol. The SMILES string of the molecule is COc1cc(CNc2ccc(-c3ccc(CN(C)C)cc3)c3nncn23)ccc1F. The largest absolute Gasteiger partial charge is 0.494 e. The van der Waals surface area contributed by atoms with E-state index in [-0.39, 0.29) is 11.6 Å². The van der Waals surface area contributed by atoms with Crippen molar-refractivity contribution in [3.05, 3.63) is 77.9 Å². The van der Waals surface area contributed by atoms with E-state index in [2.05, 4.69) is 58.8 Å². The van der Waals surface area contributed by atoms with Gasteiger partial charge >= 0.3 is 0 Å². The summed E-state index contributed by atoms with van der Waals surface area (Å²) in [6, 6.07) is 17.4. The first-order valence-electron chi connectivity index (χ1n) is 9.68. The lowest BCUT2D eigenvalue weighted by Crippen LogP contribution is -2.10. The molecule has 2 heterocycles. The predicted octanol–water partition coefficient (Wildman–Crippen LogP) is 4.22. The van der Waals surface area contributed by atoms with Crippen LogP contribution in [0.3, 0.4) is 0 Å². The Morgan fingerprint density at radius 2 is 1.80 bits per heavy atom. The molecule has 2 aromatic carbocycles. The fraction of sp³-hybridized carbons (Fsp3) is 0.217. The van der Waals surface area contributed by atoms with Gasteiger partial charge in [-0.25, -0.2) is 4.39 Å². The van der Waals surface area contributed by atoms with E-state index in [1.54, 1.807) is 18.5 Å². The van der Waals surface area contributed by atoms with E-state index in [1.807, 2.05) is 16.5 Å². The molecule has 0 fully saturated rings. The van der Waals surface area contributed by atoms with Crippen molar-refractivity contribution in [1.82, 2.24) is 19.5 Å². The van der Waals surface area contributed by atoms with Crippen LogP contribution in [0.2, 0.25) is 0 Å². The van der Waals surface area contributed by atoms with Gasteiger partial charge in [0.2, 0.25) is 0 Å². The average molecular weight is 405 g/mol. The first kappa shape index (κ1) is 19.8. The number of rotatable bonds is 7. The van der Waals surface area contributed by atoms with Gasteiger partial charge in [-0.15, -0.1) is 10.2 Å². The van der Waals surface area contributed by atoms with Crippen molar-refractivity contribution in [3.63, 3.8) is 0 Å². The summed E-state index contributed by atoms with van der Waals surface area (Å²) in [5.41, 5.74) is 5.05. The fourth-order valence-electron chi connectivity index (χ4n) is 3.44. The summed E-state index contributed by atoms with van der Waals surface area (Å²) in [6.07, 6.45) is 1.69. The number of ether oxygens (including phenoxy) is 1. The molecule has 4 rings (SSSR count). The van der Waals surface area contributed by atoms with Gasteiger partial charge in [0.25, 0.3) is 0 Å². The molecule has 0 aliphatic rings. The van der Waals surface area contributed by atoms with Gasteiger partial charge in [-0.3, -0.25) is 4.40 Å². The van der Waals surface area contributed by atoms with Crippen LogP contribution in [0.4, 0.5) is 10.2 Å². The van der Waals surface area contributed by atoms with Crippen molar-refractivity contribution in [2.75, 3.05) is 26.5 Å². The lowest BCUT2D eigenvalue weighted by molar-refractivity contribution is 0.386. The summed E-state index contributed by atoms with van der Waals surface area (Å²) < 4.78 is 20.6. The molecule has 154 valence electrons. The standard InChI is InChI=1S/C23H24FN5O/c1-28(2)14-16-4-7-18(8-5-16)19-9-11-22(29-15-26-27-23(19)29)25-13-17-6-10-20(24)21(12-17)30-3/h4-12,15,25H,13-14H2,1-3H3. The van der Waals surface area contributed by atoms with E-state index in [9.17, 15) is 4.39 Å². The third-order valence-electron chi connectivity index (χ3n) is 4.91. The zero-order valence-electron chi connectivity index (χ0n) is 17.3. The minimum Gasteiger partial charge on any atom is -0.494 e. The lowest BCUT2D eigenvalue weighted by Gasteiger charge is -2.13. The van der Waals surface area contributed by atoms with Gasteiger partial charge in [0.15, 0.2) is 17.2 Å². The number of nitrogens with zero attached hydrogens (tertiary/aromatic N) is 4. The molecule has 0 spiro atoms. The Hall–Kier alpha value is -3.45. The number of benzene rings is 2. The Balaban J connectivity index is 1.58. The zero-order chi connectivity index (χ0) is 21.1. The molecule has 7 heteroatoms. The van der Waals surface area contributed by atoms with Crippen LogP contribution in [0.5, 0.6) is 5.75 Å². The summed E-state index contributed by atoms with van der Waals surface area (Å²) in [5.74, 6) is 0.714. The Labute approximate surface area is 174 Å². The van der Waals surface area contributed by atoms with Crippen LogP contribution in [0.1, 0.15) is 11.1 Å². The minimum absolute atomic E-state index is 0.233. The topological polar surface area (TPSA) is 54.7 Å². The van der Waals surface area contributed by atoms with Crippen LogP contribution in [0.25, 0.3) is 16.8 Å². The first-order valence-corrected chi connectivity index (χ1v) is 9.68. The predicted molar refractivity (Wildman–Crippen MR) is 116 cm³/mol. The molecule has 2 aromatic heterocycles. The van der Waals surface area contributed by atoms with Gasteiger partial charge in [-0.05, 0) is 55.1 Å². The quantitative estimate of drug-likeness (QED) is 0.499. The number of anilines is 1. The Kier molecular flexibility index (Phi) is 5.63. The average Bonchev–Trinajstić information content (AvgIpc) is 3.23. The number of hydrogen-bond acceptors (Lipinski definition) is 5. The highest BCUT2D eigenvalue weighted by Gasteiger charge is 2.11. The van der Waals surface area contributed by atoms with Crippen molar-refractivity contribution < 1.29 is 9.13 Å². The lowest BCUT2D eigenvalue weighted by atomic mass is 10.0. The third-order valence-corrected chi connectivity index (χ3v) is 4.91. The number of aromatic nitrogens is 3. The second kappa shape index (κ2) is 8.51. The number of fused-ring (bicyclic) bond motifs is 1. The summed E-state index contributed by atoms with van der Waals surface area (Å²) in [4.78, 5) is 2.14. The van der Waals surface area contributed by atoms with Crippen LogP contribution in [0.15, 0.2) is 60.9 Å². The van der Waals surface area contributed by atoms with E-state index in [0.717, 1.165) is 34.7 Å². The molecule has 0 amide bonds. The van der Waals surface area contributed by atoms with Crippen molar-refractivity contribution in [2.45, 2.75) is 13.1 Å². The molecular weight excluding hydrogens is 381 g/mol. The van der Waals surface area contributed by atoms with Gasteiger partial charge in [0.1, 0.15) is 12.1 Å². The summed E-state index contributed by atoms with van der Waals surface area (Å²) in [5, 5.41) is 11.8. The van der Waals surface area contributed by atoms with Crippen LogP contribution in [-0.2, 0) is 13.1 Å². The second-order valence-corrected chi connectivity index (χ2v) is 7.41. The molecule has 0 bridgehead atoms. The van der Waals surface area contributed by atoms with Crippen molar-refractivity contribution in [3.8, 4) is 16.9 Å². The number of halogens is 1. The maximum absolute atomic E-state index is 13.6. The highest BCUT2D eigenvalue weighted by Crippen LogP contribution is 2.27. The van der Waals surface area contributed by atoms with E-state index >= 15 is 0 Å². The first-order chi connectivity index (χ1) is 14.5. The summed E-state index contributed by atoms with van der Waals surface area (Å²) in [6.45, 7) is 1.42. The van der Waals surface area contributed by atoms with E-state index in [4.69, 9.17) is 4.74 Å². The number of hydrogen-bond donors (Lipinski definition) is 1. The van der Waals surface area contributed by atoms with E-state index in [0.29, 0.717) is 6.54 Å².